The lowest BCUT2D eigenvalue weighted by Crippen LogP contribution is -2.23. The zero-order valence-corrected chi connectivity index (χ0v) is 19.4. The fourth-order valence-electron chi connectivity index (χ4n) is 3.26. The third-order valence-electron chi connectivity index (χ3n) is 4.96. The highest BCUT2D eigenvalue weighted by molar-refractivity contribution is 7.92. The van der Waals surface area contributed by atoms with Gasteiger partial charge in [-0.3, -0.25) is 9.52 Å². The zero-order chi connectivity index (χ0) is 24.0. The number of benzene rings is 2. The minimum atomic E-state index is -3.85. The van der Waals surface area contributed by atoms with E-state index in [1.54, 1.807) is 30.5 Å². The summed E-state index contributed by atoms with van der Waals surface area (Å²) in [5.41, 5.74) is 1.49. The maximum atomic E-state index is 12.8. The summed E-state index contributed by atoms with van der Waals surface area (Å²) >= 11 is 0. The number of amides is 1. The number of carbonyl (C=O) groups excluding carboxylic acids is 1. The first-order chi connectivity index (χ1) is 16.5. The monoisotopic (exact) mass is 483 g/mol. The Bertz CT molecular complexity index is 1260. The highest BCUT2D eigenvalue weighted by atomic mass is 32.2. The Kier molecular flexibility index (Phi) is 7.17. The largest absolute Gasteiger partial charge is 0.486 e. The molecule has 9 nitrogen and oxygen atoms in total. The first kappa shape index (κ1) is 23.4. The highest BCUT2D eigenvalue weighted by Crippen LogP contribution is 2.32. The molecule has 10 heteroatoms. The number of nitrogens with one attached hydrogen (secondary N) is 2. The molecule has 0 unspecified atom stereocenters. The molecule has 1 aliphatic rings. The molecule has 0 saturated heterocycles. The van der Waals surface area contributed by atoms with Gasteiger partial charge in [0, 0.05) is 35.6 Å². The number of fused-ring (bicyclic) bond motifs is 1. The third-order valence-corrected chi connectivity index (χ3v) is 6.33. The van der Waals surface area contributed by atoms with E-state index in [9.17, 15) is 13.2 Å². The van der Waals surface area contributed by atoms with Gasteiger partial charge in [0.2, 0.25) is 5.88 Å². The lowest BCUT2D eigenvalue weighted by molar-refractivity contribution is 0.0950. The van der Waals surface area contributed by atoms with Crippen LogP contribution in [0.15, 0.2) is 65.7 Å². The standard InChI is InChI=1S/C24H25N3O6S/c1-2-12-33-24-18(4-3-11-25-24)16-26-23(28)17-5-7-19(8-6-17)27-34(29,30)20-9-10-21-22(15-20)32-14-13-31-21/h3-11,15,27H,2,12-14,16H2,1H3,(H,26,28). The van der Waals surface area contributed by atoms with Crippen LogP contribution in [0.5, 0.6) is 17.4 Å². The van der Waals surface area contributed by atoms with Crippen LogP contribution in [0.2, 0.25) is 0 Å². The van der Waals surface area contributed by atoms with Gasteiger partial charge in [-0.05, 0) is 48.9 Å². The number of sulfonamides is 1. The van der Waals surface area contributed by atoms with Crippen molar-refractivity contribution in [1.29, 1.82) is 0 Å². The van der Waals surface area contributed by atoms with Gasteiger partial charge in [0.1, 0.15) is 13.2 Å². The smallest absolute Gasteiger partial charge is 0.262 e. The van der Waals surface area contributed by atoms with Crippen LogP contribution in [0.3, 0.4) is 0 Å². The Morgan fingerprint density at radius 3 is 2.59 bits per heavy atom. The number of hydrogen-bond donors (Lipinski definition) is 2. The summed E-state index contributed by atoms with van der Waals surface area (Å²) in [5.74, 6) is 1.09. The van der Waals surface area contributed by atoms with E-state index in [2.05, 4.69) is 15.0 Å². The van der Waals surface area contributed by atoms with Crippen LogP contribution >= 0.6 is 0 Å². The number of anilines is 1. The predicted octanol–water partition coefficient (Wildman–Crippen LogP) is 3.37. The van der Waals surface area contributed by atoms with E-state index >= 15 is 0 Å². The minimum absolute atomic E-state index is 0.0520. The fraction of sp³-hybridized carbons (Fsp3) is 0.250. The number of hydrogen-bond acceptors (Lipinski definition) is 7. The molecule has 0 bridgehead atoms. The van der Waals surface area contributed by atoms with Crippen molar-refractivity contribution in [3.8, 4) is 17.4 Å². The van der Waals surface area contributed by atoms with E-state index in [0.29, 0.717) is 48.5 Å². The van der Waals surface area contributed by atoms with Crippen LogP contribution in [0, 0.1) is 0 Å². The topological polar surface area (TPSA) is 116 Å². The molecule has 0 fully saturated rings. The van der Waals surface area contributed by atoms with E-state index in [4.69, 9.17) is 14.2 Å². The summed E-state index contributed by atoms with van der Waals surface area (Å²) in [6.45, 7) is 3.59. The number of ether oxygens (including phenoxy) is 3. The molecular formula is C24H25N3O6S. The van der Waals surface area contributed by atoms with E-state index in [1.807, 2.05) is 13.0 Å². The van der Waals surface area contributed by atoms with Crippen molar-refractivity contribution in [1.82, 2.24) is 10.3 Å². The van der Waals surface area contributed by atoms with Crippen LogP contribution in [0.1, 0.15) is 29.3 Å². The average molecular weight is 484 g/mol. The van der Waals surface area contributed by atoms with Crippen molar-refractivity contribution in [2.45, 2.75) is 24.8 Å². The SMILES string of the molecule is CCCOc1ncccc1CNC(=O)c1ccc(NS(=O)(=O)c2ccc3c(c2)OCCO3)cc1. The summed E-state index contributed by atoms with van der Waals surface area (Å²) in [7, 11) is -3.85. The van der Waals surface area contributed by atoms with Crippen LogP contribution in [0.25, 0.3) is 0 Å². The maximum Gasteiger partial charge on any atom is 0.262 e. The summed E-state index contributed by atoms with van der Waals surface area (Å²) in [6, 6.07) is 14.2. The molecule has 2 aromatic carbocycles. The molecule has 3 aromatic rings. The second kappa shape index (κ2) is 10.4. The minimum Gasteiger partial charge on any atom is -0.486 e. The van der Waals surface area contributed by atoms with E-state index in [0.717, 1.165) is 12.0 Å². The number of rotatable bonds is 9. The Labute approximate surface area is 198 Å². The lowest BCUT2D eigenvalue weighted by Gasteiger charge is -2.19. The number of nitrogens with zero attached hydrogens (tertiary/aromatic N) is 1. The molecule has 34 heavy (non-hydrogen) atoms. The van der Waals surface area contributed by atoms with Gasteiger partial charge in [0.05, 0.1) is 11.5 Å². The molecule has 2 heterocycles. The van der Waals surface area contributed by atoms with E-state index < -0.39 is 10.0 Å². The normalized spacial score (nSPS) is 12.6. The number of pyridine rings is 1. The van der Waals surface area contributed by atoms with Gasteiger partial charge >= 0.3 is 0 Å². The second-order valence-electron chi connectivity index (χ2n) is 7.49. The molecule has 1 amide bonds. The molecule has 0 spiro atoms. The second-order valence-corrected chi connectivity index (χ2v) is 9.17. The molecular weight excluding hydrogens is 458 g/mol. The van der Waals surface area contributed by atoms with Crippen molar-refractivity contribution in [2.24, 2.45) is 0 Å². The van der Waals surface area contributed by atoms with E-state index in [-0.39, 0.29) is 17.3 Å². The fourth-order valence-corrected chi connectivity index (χ4v) is 4.33. The molecule has 0 aliphatic carbocycles. The molecule has 1 aliphatic heterocycles. The van der Waals surface area contributed by atoms with Gasteiger partial charge in [-0.1, -0.05) is 13.0 Å². The van der Waals surface area contributed by atoms with Gasteiger partial charge in [-0.15, -0.1) is 0 Å². The van der Waals surface area contributed by atoms with Gasteiger partial charge < -0.3 is 19.5 Å². The third kappa shape index (κ3) is 5.57. The molecule has 0 atom stereocenters. The Morgan fingerprint density at radius 2 is 1.82 bits per heavy atom. The van der Waals surface area contributed by atoms with Crippen molar-refractivity contribution >= 4 is 21.6 Å². The summed E-state index contributed by atoms with van der Waals surface area (Å²) in [6.07, 6.45) is 2.49. The summed E-state index contributed by atoms with van der Waals surface area (Å²) < 4.78 is 44.5. The summed E-state index contributed by atoms with van der Waals surface area (Å²) in [5, 5.41) is 2.83. The molecule has 4 rings (SSSR count). The quantitative estimate of drug-likeness (QED) is 0.479. The first-order valence-electron chi connectivity index (χ1n) is 10.8. The van der Waals surface area contributed by atoms with Crippen LogP contribution < -0.4 is 24.2 Å². The molecule has 2 N–H and O–H groups in total. The highest BCUT2D eigenvalue weighted by Gasteiger charge is 2.20. The molecule has 178 valence electrons. The predicted molar refractivity (Wildman–Crippen MR) is 126 cm³/mol. The Morgan fingerprint density at radius 1 is 1.06 bits per heavy atom. The van der Waals surface area contributed by atoms with Gasteiger partial charge in [0.25, 0.3) is 15.9 Å². The Balaban J connectivity index is 1.39. The van der Waals surface area contributed by atoms with Crippen molar-refractivity contribution in [3.05, 3.63) is 71.9 Å². The number of carbonyl (C=O) groups is 1. The van der Waals surface area contributed by atoms with Crippen molar-refractivity contribution in [3.63, 3.8) is 0 Å². The average Bonchev–Trinajstić information content (AvgIpc) is 2.86. The lowest BCUT2D eigenvalue weighted by atomic mass is 10.2. The molecule has 0 saturated carbocycles. The van der Waals surface area contributed by atoms with Gasteiger partial charge in [0.15, 0.2) is 11.5 Å². The van der Waals surface area contributed by atoms with Crippen molar-refractivity contribution < 1.29 is 27.4 Å². The van der Waals surface area contributed by atoms with Crippen LogP contribution in [-0.2, 0) is 16.6 Å². The van der Waals surface area contributed by atoms with Crippen LogP contribution in [-0.4, -0.2) is 39.1 Å². The van der Waals surface area contributed by atoms with Gasteiger partial charge in [-0.25, -0.2) is 13.4 Å². The van der Waals surface area contributed by atoms with E-state index in [1.165, 1.54) is 24.3 Å². The Hall–Kier alpha value is -3.79. The molecule has 0 radical (unpaired) electrons. The zero-order valence-electron chi connectivity index (χ0n) is 18.6. The number of aromatic nitrogens is 1. The van der Waals surface area contributed by atoms with Gasteiger partial charge in [-0.2, -0.15) is 0 Å². The van der Waals surface area contributed by atoms with Crippen LogP contribution in [0.4, 0.5) is 5.69 Å². The summed E-state index contributed by atoms with van der Waals surface area (Å²) in [4.78, 5) is 16.8. The maximum absolute atomic E-state index is 12.8. The first-order valence-corrected chi connectivity index (χ1v) is 12.3. The molecule has 1 aromatic heterocycles. The van der Waals surface area contributed by atoms with Crippen molar-refractivity contribution in [2.75, 3.05) is 24.5 Å².